The number of hydrogen-bond donors (Lipinski definition) is 0. The molecule has 2 heterocycles. The molecule has 38 heavy (non-hydrogen) atoms. The maximum absolute atomic E-state index is 14.0. The molecule has 0 aliphatic rings. The Morgan fingerprint density at radius 1 is 1.08 bits per heavy atom. The van der Waals surface area contributed by atoms with E-state index in [1.807, 2.05) is 46.7 Å². The number of amides is 1. The molecule has 0 atom stereocenters. The molecular weight excluding hydrogens is 537 g/mol. The Labute approximate surface area is 236 Å². The first-order valence-electron chi connectivity index (χ1n) is 12.6. The van der Waals surface area contributed by atoms with E-state index < -0.39 is 0 Å². The van der Waals surface area contributed by atoms with Crippen molar-refractivity contribution in [1.29, 1.82) is 0 Å². The fraction of sp³-hybridized carbons (Fsp3) is 0.357. The Balaban J connectivity index is 1.91. The van der Waals surface area contributed by atoms with Crippen LogP contribution in [0.2, 0.25) is 0 Å². The van der Waals surface area contributed by atoms with E-state index in [0.29, 0.717) is 44.0 Å². The molecule has 4 aromatic rings. The predicted molar refractivity (Wildman–Crippen MR) is 159 cm³/mol. The van der Waals surface area contributed by atoms with Crippen molar-refractivity contribution < 1.29 is 9.53 Å². The van der Waals surface area contributed by atoms with Gasteiger partial charge in [0.05, 0.1) is 18.6 Å². The van der Waals surface area contributed by atoms with Crippen LogP contribution >= 0.6 is 35.3 Å². The molecular formula is C28H32N4O3S3. The van der Waals surface area contributed by atoms with Crippen LogP contribution in [0.4, 0.5) is 0 Å². The average molecular weight is 569 g/mol. The molecule has 2 aromatic carbocycles. The first-order valence-corrected chi connectivity index (χ1v) is 14.8. The van der Waals surface area contributed by atoms with Crippen LogP contribution in [-0.4, -0.2) is 50.9 Å². The smallest absolute Gasteiger partial charge is 0.278 e. The molecule has 2 aromatic heterocycles. The molecule has 200 valence electrons. The second kappa shape index (κ2) is 12.3. The van der Waals surface area contributed by atoms with Crippen molar-refractivity contribution in [2.24, 2.45) is 0 Å². The molecule has 0 N–H and O–H groups in total. The van der Waals surface area contributed by atoms with Crippen LogP contribution in [0.5, 0.6) is 5.75 Å². The monoisotopic (exact) mass is 568 g/mol. The second-order valence-electron chi connectivity index (χ2n) is 9.00. The number of aromatic nitrogens is 3. The van der Waals surface area contributed by atoms with E-state index >= 15 is 0 Å². The number of nitrogens with zero attached hydrogens (tertiary/aromatic N) is 4. The number of rotatable bonds is 10. The minimum absolute atomic E-state index is 0.0240. The lowest BCUT2D eigenvalue weighted by atomic mass is 10.1. The lowest BCUT2D eigenvalue weighted by Crippen LogP contribution is -2.34. The normalized spacial score (nSPS) is 11.2. The predicted octanol–water partition coefficient (Wildman–Crippen LogP) is 6.33. The first-order chi connectivity index (χ1) is 18.3. The van der Waals surface area contributed by atoms with Gasteiger partial charge in [-0.2, -0.15) is 0 Å². The van der Waals surface area contributed by atoms with Gasteiger partial charge in [0.1, 0.15) is 10.4 Å². The highest BCUT2D eigenvalue weighted by Crippen LogP contribution is 2.30. The van der Waals surface area contributed by atoms with Crippen LogP contribution in [0, 0.1) is 17.8 Å². The Bertz CT molecular complexity index is 1580. The quantitative estimate of drug-likeness (QED) is 0.126. The Morgan fingerprint density at radius 3 is 2.45 bits per heavy atom. The van der Waals surface area contributed by atoms with Crippen molar-refractivity contribution >= 4 is 51.6 Å². The number of carbonyl (C=O) groups is 1. The summed E-state index contributed by atoms with van der Waals surface area (Å²) in [6.45, 7) is 9.63. The maximum Gasteiger partial charge on any atom is 0.278 e. The summed E-state index contributed by atoms with van der Waals surface area (Å²) >= 11 is 8.22. The maximum atomic E-state index is 14.0. The zero-order valence-electron chi connectivity index (χ0n) is 22.3. The van der Waals surface area contributed by atoms with E-state index in [2.05, 4.69) is 26.8 Å². The van der Waals surface area contributed by atoms with Crippen LogP contribution in [0.25, 0.3) is 21.7 Å². The molecule has 10 heteroatoms. The zero-order chi connectivity index (χ0) is 27.4. The largest absolute Gasteiger partial charge is 0.495 e. The SMILES string of the molecule is CCCN(CCC)C(=O)CSc1nc2c(sc(=S)n2-c2ccc(C)c(C)c2)c(=O)n1-c1ccccc1OC. The van der Waals surface area contributed by atoms with Crippen molar-refractivity contribution in [1.82, 2.24) is 19.0 Å². The highest BCUT2D eigenvalue weighted by atomic mass is 32.2. The molecule has 1 amide bonds. The molecule has 4 rings (SSSR count). The summed E-state index contributed by atoms with van der Waals surface area (Å²) in [5, 5.41) is 0.415. The number of hydrogen-bond acceptors (Lipinski definition) is 7. The van der Waals surface area contributed by atoms with Gasteiger partial charge in [0.25, 0.3) is 5.56 Å². The molecule has 0 saturated carbocycles. The number of thiazole rings is 1. The zero-order valence-corrected chi connectivity index (χ0v) is 24.8. The topological polar surface area (TPSA) is 69.4 Å². The van der Waals surface area contributed by atoms with E-state index in [-0.39, 0.29) is 17.2 Å². The van der Waals surface area contributed by atoms with E-state index in [9.17, 15) is 9.59 Å². The molecule has 0 bridgehead atoms. The number of para-hydroxylation sites is 2. The number of benzene rings is 2. The summed E-state index contributed by atoms with van der Waals surface area (Å²) in [6.07, 6.45) is 1.78. The molecule has 0 aliphatic heterocycles. The van der Waals surface area contributed by atoms with Gasteiger partial charge in [-0.15, -0.1) is 0 Å². The third-order valence-corrected chi connectivity index (χ3v) is 8.59. The van der Waals surface area contributed by atoms with Crippen molar-refractivity contribution in [3.8, 4) is 17.1 Å². The van der Waals surface area contributed by atoms with Gasteiger partial charge in [0.2, 0.25) is 5.91 Å². The van der Waals surface area contributed by atoms with E-state index in [1.165, 1.54) is 28.7 Å². The fourth-order valence-electron chi connectivity index (χ4n) is 4.27. The van der Waals surface area contributed by atoms with Crippen LogP contribution in [0.1, 0.15) is 37.8 Å². The molecule has 0 spiro atoms. The third kappa shape index (κ3) is 5.57. The number of methoxy groups -OCH3 is 1. The molecule has 0 radical (unpaired) electrons. The third-order valence-electron chi connectivity index (χ3n) is 6.32. The van der Waals surface area contributed by atoms with Crippen LogP contribution in [0.3, 0.4) is 0 Å². The summed E-state index contributed by atoms with van der Waals surface area (Å²) in [5.41, 5.74) is 3.97. The lowest BCUT2D eigenvalue weighted by Gasteiger charge is -2.21. The molecule has 0 unspecified atom stereocenters. The number of thioether (sulfide) groups is 1. The number of carbonyl (C=O) groups excluding carboxylic acids is 1. The van der Waals surface area contributed by atoms with E-state index in [1.54, 1.807) is 17.7 Å². The fourth-order valence-corrected chi connectivity index (χ4v) is 6.47. The van der Waals surface area contributed by atoms with Gasteiger partial charge >= 0.3 is 0 Å². The minimum Gasteiger partial charge on any atom is -0.495 e. The highest BCUT2D eigenvalue weighted by Gasteiger charge is 2.22. The summed E-state index contributed by atoms with van der Waals surface area (Å²) in [5.74, 6) is 0.734. The van der Waals surface area contributed by atoms with Gasteiger partial charge < -0.3 is 9.64 Å². The first kappa shape index (κ1) is 28.1. The van der Waals surface area contributed by atoms with Crippen LogP contribution < -0.4 is 10.3 Å². The van der Waals surface area contributed by atoms with Gasteiger partial charge in [-0.1, -0.05) is 55.1 Å². The molecule has 0 fully saturated rings. The van der Waals surface area contributed by atoms with Gasteiger partial charge in [0.15, 0.2) is 14.8 Å². The van der Waals surface area contributed by atoms with Crippen molar-refractivity contribution in [2.75, 3.05) is 26.0 Å². The lowest BCUT2D eigenvalue weighted by molar-refractivity contribution is -0.128. The van der Waals surface area contributed by atoms with Crippen LogP contribution in [0.15, 0.2) is 52.4 Å². The number of aryl methyl sites for hydroxylation is 2. The van der Waals surface area contributed by atoms with Crippen LogP contribution in [-0.2, 0) is 4.79 Å². The van der Waals surface area contributed by atoms with Gasteiger partial charge in [-0.3, -0.25) is 18.7 Å². The van der Waals surface area contributed by atoms with Crippen molar-refractivity contribution in [3.63, 3.8) is 0 Å². The Hall–Kier alpha value is -2.95. The molecule has 0 aliphatic carbocycles. The van der Waals surface area contributed by atoms with E-state index in [0.717, 1.165) is 24.1 Å². The Morgan fingerprint density at radius 2 is 1.79 bits per heavy atom. The summed E-state index contributed by atoms with van der Waals surface area (Å²) in [7, 11) is 1.57. The molecule has 7 nitrogen and oxygen atoms in total. The minimum atomic E-state index is -0.243. The van der Waals surface area contributed by atoms with Gasteiger partial charge in [0, 0.05) is 18.8 Å². The summed E-state index contributed by atoms with van der Waals surface area (Å²) in [6, 6.07) is 13.4. The average Bonchev–Trinajstić information content (AvgIpc) is 3.25. The highest BCUT2D eigenvalue weighted by molar-refractivity contribution is 7.99. The van der Waals surface area contributed by atoms with E-state index in [4.69, 9.17) is 21.9 Å². The second-order valence-corrected chi connectivity index (χ2v) is 11.6. The molecule has 0 saturated heterocycles. The van der Waals surface area contributed by atoms with Gasteiger partial charge in [-0.05, 0) is 74.3 Å². The van der Waals surface area contributed by atoms with Gasteiger partial charge in [-0.25, -0.2) is 4.98 Å². The number of fused-ring (bicyclic) bond motifs is 1. The standard InChI is InChI=1S/C28H32N4O3S3/c1-6-14-30(15-7-2)23(33)17-37-27-29-25-24(26(34)32(27)21-10-8-9-11-22(21)35-5)38-28(36)31(25)20-13-12-18(3)19(4)16-20/h8-13,16H,6-7,14-15,17H2,1-5H3. The van der Waals surface area contributed by atoms with Crippen molar-refractivity contribution in [2.45, 2.75) is 45.7 Å². The summed E-state index contributed by atoms with van der Waals surface area (Å²) < 4.78 is 9.96. The number of ether oxygens (including phenoxy) is 1. The summed E-state index contributed by atoms with van der Waals surface area (Å²) in [4.78, 5) is 34.0. The Kier molecular flexibility index (Phi) is 9.07. The van der Waals surface area contributed by atoms with Crippen molar-refractivity contribution in [3.05, 3.63) is 67.9 Å².